The number of hydrazine groups is 1. The number of carbonyl (C=O) groups excluding carboxylic acids is 1. The first-order valence-electron chi connectivity index (χ1n) is 9.83. The van der Waals surface area contributed by atoms with Crippen LogP contribution < -0.4 is 10.9 Å². The maximum atomic E-state index is 12.1. The molecule has 1 aliphatic rings. The summed E-state index contributed by atoms with van der Waals surface area (Å²) in [6.07, 6.45) is 9.64. The Bertz CT molecular complexity index is 820. The lowest BCUT2D eigenvalue weighted by atomic mass is 9.87. The van der Waals surface area contributed by atoms with Gasteiger partial charge in [-0.25, -0.2) is 0 Å². The third-order valence-corrected chi connectivity index (χ3v) is 5.45. The molecule has 2 aromatic carbocycles. The van der Waals surface area contributed by atoms with Crippen LogP contribution in [-0.4, -0.2) is 5.91 Å². The fourth-order valence-corrected chi connectivity index (χ4v) is 3.57. The van der Waals surface area contributed by atoms with Crippen molar-refractivity contribution in [3.05, 3.63) is 53.2 Å². The highest BCUT2D eigenvalue weighted by Crippen LogP contribution is 2.33. The average molecular weight is 351 g/mol. The van der Waals surface area contributed by atoms with Crippen LogP contribution in [0.2, 0.25) is 0 Å². The molecule has 0 unspecified atom stereocenters. The Labute approximate surface area is 156 Å². The van der Waals surface area contributed by atoms with Crippen LogP contribution in [0.25, 0.3) is 16.8 Å². The lowest BCUT2D eigenvalue weighted by Crippen LogP contribution is -2.28. The van der Waals surface area contributed by atoms with E-state index in [1.807, 2.05) is 13.8 Å². The number of amides is 1. The summed E-state index contributed by atoms with van der Waals surface area (Å²) in [6.45, 7) is 6.17. The summed E-state index contributed by atoms with van der Waals surface area (Å²) in [5.74, 6) is 0.0186. The number of fused-ring (bicyclic) bond motifs is 1. The average Bonchev–Trinajstić information content (AvgIpc) is 2.89. The molecule has 138 valence electrons. The Morgan fingerprint density at radius 3 is 2.46 bits per heavy atom. The fourth-order valence-electron chi connectivity index (χ4n) is 3.57. The fraction of sp³-hybridized carbons (Fsp3) is 0.435. The third kappa shape index (κ3) is 3.77. The van der Waals surface area contributed by atoms with E-state index in [-0.39, 0.29) is 5.91 Å². The molecule has 2 N–H and O–H groups in total. The lowest BCUT2D eigenvalue weighted by molar-refractivity contribution is -0.125. The van der Waals surface area contributed by atoms with E-state index in [2.05, 4.69) is 60.2 Å². The van der Waals surface area contributed by atoms with Gasteiger partial charge in [-0.15, -0.1) is 0 Å². The van der Waals surface area contributed by atoms with Crippen LogP contribution >= 0.6 is 0 Å². The SMILES string of the molecule is CCCCCCCc1ccc2ccccc2c1/C=C1\NNC(=O)C1(C)C. The van der Waals surface area contributed by atoms with E-state index in [1.165, 1.54) is 54.0 Å². The molecule has 3 nitrogen and oxygen atoms in total. The first-order valence-corrected chi connectivity index (χ1v) is 9.83. The number of benzene rings is 2. The zero-order valence-electron chi connectivity index (χ0n) is 16.2. The van der Waals surface area contributed by atoms with Crippen LogP contribution in [0.15, 0.2) is 42.1 Å². The number of aryl methyl sites for hydroxylation is 1. The molecular formula is C23H30N2O. The standard InChI is InChI=1S/C23H30N2O/c1-4-5-6-7-8-11-18-15-14-17-12-9-10-13-19(17)20(18)16-21-23(2,3)22(26)25-24-21/h9-10,12-16,24H,4-8,11H2,1-3H3,(H,25,26)/b21-16-. The molecular weight excluding hydrogens is 320 g/mol. The minimum atomic E-state index is -0.532. The normalized spacial score (nSPS) is 17.5. The predicted molar refractivity (Wildman–Crippen MR) is 109 cm³/mol. The highest BCUT2D eigenvalue weighted by atomic mass is 16.2. The molecule has 3 rings (SSSR count). The highest BCUT2D eigenvalue weighted by molar-refractivity contribution is 5.95. The minimum absolute atomic E-state index is 0.0186. The second-order valence-corrected chi connectivity index (χ2v) is 7.79. The van der Waals surface area contributed by atoms with E-state index < -0.39 is 5.41 Å². The van der Waals surface area contributed by atoms with Gasteiger partial charge in [-0.2, -0.15) is 0 Å². The van der Waals surface area contributed by atoms with Crippen LogP contribution in [0, 0.1) is 5.41 Å². The van der Waals surface area contributed by atoms with Gasteiger partial charge in [0, 0.05) is 5.70 Å². The third-order valence-electron chi connectivity index (χ3n) is 5.45. The number of unbranched alkanes of at least 4 members (excludes halogenated alkanes) is 4. The van der Waals surface area contributed by atoms with Crippen LogP contribution in [0.4, 0.5) is 0 Å². The van der Waals surface area contributed by atoms with Gasteiger partial charge < -0.3 is 5.43 Å². The maximum absolute atomic E-state index is 12.1. The van der Waals surface area contributed by atoms with Gasteiger partial charge in [-0.05, 0) is 54.7 Å². The summed E-state index contributed by atoms with van der Waals surface area (Å²) in [6, 6.07) is 13.0. The molecule has 0 spiro atoms. The van der Waals surface area contributed by atoms with Crippen molar-refractivity contribution in [1.82, 2.24) is 10.9 Å². The van der Waals surface area contributed by atoms with Crippen LogP contribution in [-0.2, 0) is 11.2 Å². The Morgan fingerprint density at radius 1 is 0.962 bits per heavy atom. The molecule has 26 heavy (non-hydrogen) atoms. The molecule has 1 amide bonds. The molecule has 3 heteroatoms. The summed E-state index contributed by atoms with van der Waals surface area (Å²) in [7, 11) is 0. The van der Waals surface area contributed by atoms with Gasteiger partial charge in [0.25, 0.3) is 0 Å². The molecule has 1 heterocycles. The number of hydrogen-bond donors (Lipinski definition) is 2. The Balaban J connectivity index is 1.95. The van der Waals surface area contributed by atoms with E-state index in [0.29, 0.717) is 0 Å². The number of rotatable bonds is 7. The second-order valence-electron chi connectivity index (χ2n) is 7.79. The molecule has 1 fully saturated rings. The summed E-state index contributed by atoms with van der Waals surface area (Å²) in [5, 5.41) is 2.49. The first-order chi connectivity index (χ1) is 12.5. The molecule has 0 aromatic heterocycles. The predicted octanol–water partition coefficient (Wildman–Crippen LogP) is 5.35. The summed E-state index contributed by atoms with van der Waals surface area (Å²) < 4.78 is 0. The van der Waals surface area contributed by atoms with Gasteiger partial charge in [-0.1, -0.05) is 69.0 Å². The number of hydrogen-bond acceptors (Lipinski definition) is 2. The molecule has 0 atom stereocenters. The van der Waals surface area contributed by atoms with Crippen molar-refractivity contribution in [2.24, 2.45) is 5.41 Å². The van der Waals surface area contributed by atoms with E-state index in [0.717, 1.165) is 12.1 Å². The van der Waals surface area contributed by atoms with Crippen molar-refractivity contribution in [3.8, 4) is 0 Å². The smallest absolute Gasteiger partial charge is 0.249 e. The van der Waals surface area contributed by atoms with Crippen LogP contribution in [0.3, 0.4) is 0 Å². The topological polar surface area (TPSA) is 41.1 Å². The van der Waals surface area contributed by atoms with Crippen molar-refractivity contribution in [3.63, 3.8) is 0 Å². The van der Waals surface area contributed by atoms with E-state index in [4.69, 9.17) is 0 Å². The highest BCUT2D eigenvalue weighted by Gasteiger charge is 2.38. The van der Waals surface area contributed by atoms with Gasteiger partial charge in [0.15, 0.2) is 0 Å². The van der Waals surface area contributed by atoms with Gasteiger partial charge in [0.1, 0.15) is 0 Å². The van der Waals surface area contributed by atoms with Gasteiger partial charge in [0.2, 0.25) is 5.91 Å². The molecule has 1 saturated heterocycles. The molecule has 1 aliphatic heterocycles. The summed E-state index contributed by atoms with van der Waals surface area (Å²) in [4.78, 5) is 12.1. The van der Waals surface area contributed by atoms with Gasteiger partial charge in [0.05, 0.1) is 5.41 Å². The van der Waals surface area contributed by atoms with Crippen molar-refractivity contribution < 1.29 is 4.79 Å². The Morgan fingerprint density at radius 2 is 1.73 bits per heavy atom. The number of carbonyl (C=O) groups is 1. The van der Waals surface area contributed by atoms with Crippen molar-refractivity contribution in [2.45, 2.75) is 59.3 Å². The summed E-state index contributed by atoms with van der Waals surface area (Å²) in [5.41, 5.74) is 8.85. The minimum Gasteiger partial charge on any atom is -0.302 e. The Kier molecular flexibility index (Phi) is 5.65. The van der Waals surface area contributed by atoms with Gasteiger partial charge in [-0.3, -0.25) is 10.2 Å². The molecule has 0 aliphatic carbocycles. The van der Waals surface area contributed by atoms with E-state index in [1.54, 1.807) is 0 Å². The van der Waals surface area contributed by atoms with Crippen LogP contribution in [0.5, 0.6) is 0 Å². The van der Waals surface area contributed by atoms with Crippen LogP contribution in [0.1, 0.15) is 64.0 Å². The van der Waals surface area contributed by atoms with Crippen molar-refractivity contribution >= 4 is 22.8 Å². The Hall–Kier alpha value is -2.29. The monoisotopic (exact) mass is 350 g/mol. The van der Waals surface area contributed by atoms with E-state index >= 15 is 0 Å². The van der Waals surface area contributed by atoms with Crippen molar-refractivity contribution in [1.29, 1.82) is 0 Å². The lowest BCUT2D eigenvalue weighted by Gasteiger charge is -2.17. The molecule has 0 saturated carbocycles. The molecule has 0 bridgehead atoms. The molecule has 0 radical (unpaired) electrons. The van der Waals surface area contributed by atoms with Gasteiger partial charge >= 0.3 is 0 Å². The quantitative estimate of drug-likeness (QED) is 0.661. The second kappa shape index (κ2) is 7.94. The molecule has 2 aromatic rings. The maximum Gasteiger partial charge on any atom is 0.249 e. The van der Waals surface area contributed by atoms with Crippen molar-refractivity contribution in [2.75, 3.05) is 0 Å². The summed E-state index contributed by atoms with van der Waals surface area (Å²) >= 11 is 0. The first kappa shape index (κ1) is 18.5. The largest absolute Gasteiger partial charge is 0.302 e. The van der Waals surface area contributed by atoms with E-state index in [9.17, 15) is 4.79 Å². The zero-order valence-corrected chi connectivity index (χ0v) is 16.2. The number of nitrogens with one attached hydrogen (secondary N) is 2. The zero-order chi connectivity index (χ0) is 18.6.